The van der Waals surface area contributed by atoms with Crippen molar-refractivity contribution in [2.45, 2.75) is 25.8 Å². The van der Waals surface area contributed by atoms with Gasteiger partial charge in [-0.2, -0.15) is 0 Å². The molecular formula is C15H22N2O4. The first-order valence-electron chi connectivity index (χ1n) is 7.01. The number of aliphatic hydroxyl groups excluding tert-OH is 1. The van der Waals surface area contributed by atoms with Crippen LogP contribution in [0.15, 0.2) is 30.3 Å². The Kier molecular flexibility index (Phi) is 7.25. The summed E-state index contributed by atoms with van der Waals surface area (Å²) in [6.45, 7) is 2.43. The SMILES string of the molecule is CCCN(CCO)C(=O)N[C@H](Cc1ccccc1)C(=O)O. The number of carboxylic acid groups (broad SMARTS) is 1. The van der Waals surface area contributed by atoms with Crippen molar-refractivity contribution in [1.29, 1.82) is 0 Å². The van der Waals surface area contributed by atoms with E-state index in [9.17, 15) is 14.7 Å². The quantitative estimate of drug-likeness (QED) is 0.669. The maximum atomic E-state index is 12.1. The monoisotopic (exact) mass is 294 g/mol. The number of hydrogen-bond donors (Lipinski definition) is 3. The van der Waals surface area contributed by atoms with Gasteiger partial charge in [0.25, 0.3) is 0 Å². The summed E-state index contributed by atoms with van der Waals surface area (Å²) in [6, 6.07) is 7.68. The highest BCUT2D eigenvalue weighted by Crippen LogP contribution is 2.04. The van der Waals surface area contributed by atoms with E-state index in [4.69, 9.17) is 5.11 Å². The fourth-order valence-corrected chi connectivity index (χ4v) is 2.00. The molecule has 0 bridgehead atoms. The van der Waals surface area contributed by atoms with Crippen LogP contribution in [0.3, 0.4) is 0 Å². The second kappa shape index (κ2) is 8.97. The first-order chi connectivity index (χ1) is 10.1. The second-order valence-corrected chi connectivity index (χ2v) is 4.74. The van der Waals surface area contributed by atoms with Crippen LogP contribution < -0.4 is 5.32 Å². The van der Waals surface area contributed by atoms with Gasteiger partial charge in [-0.05, 0) is 12.0 Å². The molecule has 6 heteroatoms. The summed E-state index contributed by atoms with van der Waals surface area (Å²) in [4.78, 5) is 24.8. The molecular weight excluding hydrogens is 272 g/mol. The van der Waals surface area contributed by atoms with Gasteiger partial charge in [0, 0.05) is 19.5 Å². The number of hydrogen-bond acceptors (Lipinski definition) is 3. The van der Waals surface area contributed by atoms with Gasteiger partial charge in [-0.1, -0.05) is 37.3 Å². The third-order valence-electron chi connectivity index (χ3n) is 3.03. The minimum atomic E-state index is -1.08. The van der Waals surface area contributed by atoms with Crippen LogP contribution in [-0.2, 0) is 11.2 Å². The fraction of sp³-hybridized carbons (Fsp3) is 0.467. The van der Waals surface area contributed by atoms with Crippen molar-refractivity contribution in [3.63, 3.8) is 0 Å². The largest absolute Gasteiger partial charge is 0.480 e. The third kappa shape index (κ3) is 5.83. The van der Waals surface area contributed by atoms with E-state index in [2.05, 4.69) is 5.32 Å². The Labute approximate surface area is 124 Å². The Balaban J connectivity index is 2.69. The van der Waals surface area contributed by atoms with Crippen molar-refractivity contribution in [2.24, 2.45) is 0 Å². The number of carbonyl (C=O) groups excluding carboxylic acids is 1. The molecule has 0 aliphatic rings. The lowest BCUT2D eigenvalue weighted by molar-refractivity contribution is -0.139. The number of rotatable bonds is 8. The highest BCUT2D eigenvalue weighted by molar-refractivity contribution is 5.82. The molecule has 0 spiro atoms. The molecule has 0 saturated carbocycles. The molecule has 3 N–H and O–H groups in total. The lowest BCUT2D eigenvalue weighted by atomic mass is 10.1. The Morgan fingerprint density at radius 2 is 1.90 bits per heavy atom. The number of benzene rings is 1. The zero-order chi connectivity index (χ0) is 15.7. The minimum Gasteiger partial charge on any atom is -0.480 e. The van der Waals surface area contributed by atoms with E-state index in [0.717, 1.165) is 12.0 Å². The van der Waals surface area contributed by atoms with E-state index in [1.165, 1.54) is 4.90 Å². The maximum Gasteiger partial charge on any atom is 0.326 e. The number of carboxylic acids is 1. The first kappa shape index (κ1) is 17.0. The van der Waals surface area contributed by atoms with Gasteiger partial charge in [-0.15, -0.1) is 0 Å². The number of nitrogens with zero attached hydrogens (tertiary/aromatic N) is 1. The van der Waals surface area contributed by atoms with Gasteiger partial charge in [-0.3, -0.25) is 0 Å². The van der Waals surface area contributed by atoms with Gasteiger partial charge in [-0.25, -0.2) is 9.59 Å². The van der Waals surface area contributed by atoms with Crippen molar-refractivity contribution in [2.75, 3.05) is 19.7 Å². The molecule has 1 atom stereocenters. The van der Waals surface area contributed by atoms with Crippen LogP contribution in [0.2, 0.25) is 0 Å². The van der Waals surface area contributed by atoms with E-state index in [-0.39, 0.29) is 19.6 Å². The van der Waals surface area contributed by atoms with Crippen LogP contribution in [0.5, 0.6) is 0 Å². The zero-order valence-corrected chi connectivity index (χ0v) is 12.2. The van der Waals surface area contributed by atoms with Crippen molar-refractivity contribution >= 4 is 12.0 Å². The average molecular weight is 294 g/mol. The molecule has 0 radical (unpaired) electrons. The van der Waals surface area contributed by atoms with Crippen LogP contribution in [0.1, 0.15) is 18.9 Å². The van der Waals surface area contributed by atoms with E-state index in [1.807, 2.05) is 37.3 Å². The summed E-state index contributed by atoms with van der Waals surface area (Å²) in [6.07, 6.45) is 0.963. The smallest absolute Gasteiger partial charge is 0.326 e. The number of amides is 2. The Hall–Kier alpha value is -2.08. The molecule has 1 aromatic carbocycles. The summed E-state index contributed by atoms with van der Waals surface area (Å²) in [7, 11) is 0. The van der Waals surface area contributed by atoms with Crippen LogP contribution in [0.25, 0.3) is 0 Å². The molecule has 0 saturated heterocycles. The molecule has 116 valence electrons. The molecule has 0 aliphatic heterocycles. The summed E-state index contributed by atoms with van der Waals surface area (Å²) in [5, 5.41) is 20.7. The Morgan fingerprint density at radius 1 is 1.24 bits per heavy atom. The van der Waals surface area contributed by atoms with Gasteiger partial charge in [0.15, 0.2) is 0 Å². The molecule has 1 rings (SSSR count). The molecule has 0 fully saturated rings. The van der Waals surface area contributed by atoms with Crippen molar-refractivity contribution in [3.8, 4) is 0 Å². The number of aliphatic hydroxyl groups is 1. The van der Waals surface area contributed by atoms with E-state index >= 15 is 0 Å². The molecule has 0 aliphatic carbocycles. The lowest BCUT2D eigenvalue weighted by Gasteiger charge is -2.24. The van der Waals surface area contributed by atoms with Crippen LogP contribution in [-0.4, -0.2) is 52.9 Å². The molecule has 1 aromatic rings. The number of nitrogens with one attached hydrogen (secondary N) is 1. The number of aliphatic carboxylic acids is 1. The van der Waals surface area contributed by atoms with Gasteiger partial charge in [0.05, 0.1) is 6.61 Å². The van der Waals surface area contributed by atoms with Gasteiger partial charge < -0.3 is 20.4 Å². The molecule has 0 aromatic heterocycles. The Morgan fingerprint density at radius 3 is 2.43 bits per heavy atom. The van der Waals surface area contributed by atoms with Gasteiger partial charge in [0.1, 0.15) is 6.04 Å². The minimum absolute atomic E-state index is 0.149. The van der Waals surface area contributed by atoms with Gasteiger partial charge in [0.2, 0.25) is 0 Å². The van der Waals surface area contributed by atoms with Crippen LogP contribution in [0.4, 0.5) is 4.79 Å². The van der Waals surface area contributed by atoms with E-state index < -0.39 is 18.0 Å². The molecule has 2 amide bonds. The van der Waals surface area contributed by atoms with Crippen LogP contribution >= 0.6 is 0 Å². The van der Waals surface area contributed by atoms with Crippen molar-refractivity contribution < 1.29 is 19.8 Å². The number of carbonyl (C=O) groups is 2. The Bertz CT molecular complexity index is 444. The fourth-order valence-electron chi connectivity index (χ4n) is 2.00. The number of urea groups is 1. The molecule has 0 heterocycles. The lowest BCUT2D eigenvalue weighted by Crippen LogP contribution is -2.49. The predicted molar refractivity (Wildman–Crippen MR) is 79.1 cm³/mol. The summed E-state index contributed by atoms with van der Waals surface area (Å²) < 4.78 is 0. The maximum absolute atomic E-state index is 12.1. The van der Waals surface area contributed by atoms with Crippen LogP contribution in [0, 0.1) is 0 Å². The zero-order valence-electron chi connectivity index (χ0n) is 12.2. The predicted octanol–water partition coefficient (Wildman–Crippen LogP) is 1.10. The highest BCUT2D eigenvalue weighted by atomic mass is 16.4. The van der Waals surface area contributed by atoms with Gasteiger partial charge >= 0.3 is 12.0 Å². The summed E-state index contributed by atoms with van der Waals surface area (Å²) in [5.74, 6) is -1.08. The van der Waals surface area contributed by atoms with E-state index in [1.54, 1.807) is 0 Å². The van der Waals surface area contributed by atoms with Crippen molar-refractivity contribution in [3.05, 3.63) is 35.9 Å². The normalized spacial score (nSPS) is 11.7. The standard InChI is InChI=1S/C15H22N2O4/c1-2-8-17(9-10-18)15(21)16-13(14(19)20)11-12-6-4-3-5-7-12/h3-7,13,18H,2,8-11H2,1H3,(H,16,21)(H,19,20)/t13-/m1/s1. The topological polar surface area (TPSA) is 89.9 Å². The molecule has 6 nitrogen and oxygen atoms in total. The second-order valence-electron chi connectivity index (χ2n) is 4.74. The third-order valence-corrected chi connectivity index (χ3v) is 3.03. The average Bonchev–Trinajstić information content (AvgIpc) is 2.47. The van der Waals surface area contributed by atoms with E-state index in [0.29, 0.717) is 6.54 Å². The summed E-state index contributed by atoms with van der Waals surface area (Å²) in [5.41, 5.74) is 0.842. The molecule has 0 unspecified atom stereocenters. The highest BCUT2D eigenvalue weighted by Gasteiger charge is 2.23. The molecule has 21 heavy (non-hydrogen) atoms. The first-order valence-corrected chi connectivity index (χ1v) is 7.01. The summed E-state index contributed by atoms with van der Waals surface area (Å²) >= 11 is 0. The van der Waals surface area contributed by atoms with Crippen molar-refractivity contribution in [1.82, 2.24) is 10.2 Å².